The van der Waals surface area contributed by atoms with Crippen molar-refractivity contribution < 1.29 is 14.3 Å². The Morgan fingerprint density at radius 1 is 1.67 bits per heavy atom. The Bertz CT molecular complexity index is 464. The second kappa shape index (κ2) is 4.60. The minimum Gasteiger partial charge on any atom is -0.491 e. The summed E-state index contributed by atoms with van der Waals surface area (Å²) in [4.78, 5) is 21.5. The number of carbonyl (C=O) groups is 1. The number of nitrogens with two attached hydrogens (primary N) is 1. The van der Waals surface area contributed by atoms with Gasteiger partial charge in [-0.1, -0.05) is 0 Å². The molecule has 0 radical (unpaired) electrons. The molecule has 0 saturated carbocycles. The highest BCUT2D eigenvalue weighted by atomic mass is 32.2. The maximum Gasteiger partial charge on any atom is 0.167 e. The molecular weight excluding hydrogens is 216 g/mol. The Kier molecular flexibility index (Phi) is 3.45. The number of allylic oxidation sites excluding steroid dienone is 2. The van der Waals surface area contributed by atoms with Crippen LogP contribution in [0.25, 0.3) is 0 Å². The van der Waals surface area contributed by atoms with Crippen LogP contribution in [0.4, 0.5) is 0 Å². The third kappa shape index (κ3) is 1.71. The zero-order chi connectivity index (χ0) is 11.4. The number of rotatable bonds is 3. The van der Waals surface area contributed by atoms with Crippen LogP contribution in [-0.2, 0) is 14.3 Å². The van der Waals surface area contributed by atoms with Crippen molar-refractivity contribution in [2.45, 2.75) is 6.92 Å². The van der Waals surface area contributed by atoms with E-state index in [2.05, 4.69) is 0 Å². The molecule has 0 aromatic carbocycles. The first-order valence-electron chi connectivity index (χ1n) is 4.05. The Morgan fingerprint density at radius 2 is 2.33 bits per heavy atom. The Labute approximate surface area is 88.7 Å². The normalized spacial score (nSPS) is 19.9. The lowest BCUT2D eigenvalue weighted by molar-refractivity contribution is -0.104. The summed E-state index contributed by atoms with van der Waals surface area (Å²) in [5.41, 5.74) is 5.62. The van der Waals surface area contributed by atoms with E-state index in [0.717, 1.165) is 0 Å². The maximum atomic E-state index is 10.8. The lowest BCUT2D eigenvalue weighted by atomic mass is 10.2. The van der Waals surface area contributed by atoms with E-state index < -0.39 is 10.5 Å². The van der Waals surface area contributed by atoms with Crippen molar-refractivity contribution in [3.63, 3.8) is 0 Å². The van der Waals surface area contributed by atoms with Crippen molar-refractivity contribution in [2.24, 2.45) is 5.73 Å². The molecule has 0 spiro atoms. The number of hydrogen-bond donors (Lipinski definition) is 1. The van der Waals surface area contributed by atoms with Crippen LogP contribution in [0, 0.1) is 11.3 Å². The highest BCUT2D eigenvalue weighted by molar-refractivity contribution is 8.21. The molecule has 1 rings (SSSR count). The number of nitrogens with zero attached hydrogens (tertiary/aromatic N) is 1. The number of aldehydes is 1. The molecule has 5 nitrogen and oxygen atoms in total. The summed E-state index contributed by atoms with van der Waals surface area (Å²) >= 11 is 0. The molecule has 2 N–H and O–H groups in total. The van der Waals surface area contributed by atoms with Gasteiger partial charge in [0, 0.05) is 0 Å². The monoisotopic (exact) mass is 224 g/mol. The topological polar surface area (TPSA) is 93.2 Å². The molecule has 0 aliphatic carbocycles. The third-order valence-corrected chi connectivity index (χ3v) is 3.26. The molecule has 15 heavy (non-hydrogen) atoms. The van der Waals surface area contributed by atoms with Crippen LogP contribution in [0.1, 0.15) is 6.92 Å². The quantitative estimate of drug-likeness (QED) is 0.555. The highest BCUT2D eigenvalue weighted by Gasteiger charge is 2.29. The molecule has 0 saturated heterocycles. The Hall–Kier alpha value is -1.83. The molecular formula is C9H8N2O3S. The van der Waals surface area contributed by atoms with Crippen LogP contribution < -0.4 is 5.73 Å². The van der Waals surface area contributed by atoms with Gasteiger partial charge in [-0.15, -0.1) is 0 Å². The van der Waals surface area contributed by atoms with Crippen LogP contribution in [0.15, 0.2) is 21.3 Å². The predicted molar refractivity (Wildman–Crippen MR) is 54.8 cm³/mol. The van der Waals surface area contributed by atoms with Gasteiger partial charge < -0.3 is 10.5 Å². The SMILES string of the molecule is CCOC1=C(C=O)S(=C=O)C(N)=C1C#N. The Morgan fingerprint density at radius 3 is 2.73 bits per heavy atom. The standard InChI is InChI=1S/C9H8N2O3S/c1-2-14-8-6(3-10)9(11)15(5-13)7(8)4-12/h4H,2,11H2,1H3. The van der Waals surface area contributed by atoms with Gasteiger partial charge in [0.05, 0.1) is 11.6 Å². The molecule has 1 unspecified atom stereocenters. The average Bonchev–Trinajstić information content (AvgIpc) is 2.50. The van der Waals surface area contributed by atoms with Crippen molar-refractivity contribution in [1.82, 2.24) is 0 Å². The number of nitriles is 1. The first-order chi connectivity index (χ1) is 7.21. The van der Waals surface area contributed by atoms with E-state index >= 15 is 0 Å². The molecule has 1 aliphatic rings. The first kappa shape index (κ1) is 11.2. The summed E-state index contributed by atoms with van der Waals surface area (Å²) in [7, 11) is -1.26. The van der Waals surface area contributed by atoms with E-state index in [0.29, 0.717) is 12.9 Å². The molecule has 6 heteroatoms. The molecule has 78 valence electrons. The second-order valence-corrected chi connectivity index (χ2v) is 4.14. The van der Waals surface area contributed by atoms with Gasteiger partial charge in [-0.2, -0.15) is 5.26 Å². The summed E-state index contributed by atoms with van der Waals surface area (Å²) in [6.07, 6.45) is 0.482. The molecule has 0 fully saturated rings. The van der Waals surface area contributed by atoms with Crippen LogP contribution in [0.5, 0.6) is 0 Å². The van der Waals surface area contributed by atoms with Gasteiger partial charge in [-0.3, -0.25) is 4.79 Å². The molecule has 1 atom stereocenters. The lowest BCUT2D eigenvalue weighted by Crippen LogP contribution is -1.98. The fourth-order valence-corrected chi connectivity index (χ4v) is 2.33. The van der Waals surface area contributed by atoms with Crippen molar-refractivity contribution in [1.29, 1.82) is 5.26 Å². The largest absolute Gasteiger partial charge is 0.491 e. The summed E-state index contributed by atoms with van der Waals surface area (Å²) in [5, 5.41) is 10.5. The van der Waals surface area contributed by atoms with Gasteiger partial charge in [0.25, 0.3) is 0 Å². The zero-order valence-corrected chi connectivity index (χ0v) is 8.76. The van der Waals surface area contributed by atoms with E-state index in [1.54, 1.807) is 12.2 Å². The minimum absolute atomic E-state index is 0.0538. The molecule has 1 aliphatic heterocycles. The molecule has 1 heterocycles. The zero-order valence-electron chi connectivity index (χ0n) is 7.94. The van der Waals surface area contributed by atoms with E-state index in [4.69, 9.17) is 15.7 Å². The van der Waals surface area contributed by atoms with Gasteiger partial charge in [0.15, 0.2) is 17.3 Å². The van der Waals surface area contributed by atoms with Gasteiger partial charge in [-0.25, -0.2) is 4.79 Å². The predicted octanol–water partition coefficient (Wildman–Crippen LogP) is 0.477. The van der Waals surface area contributed by atoms with Crippen molar-refractivity contribution in [3.8, 4) is 6.07 Å². The summed E-state index contributed by atoms with van der Waals surface area (Å²) in [6.45, 7) is 2.00. The average molecular weight is 224 g/mol. The van der Waals surface area contributed by atoms with Crippen molar-refractivity contribution in [2.75, 3.05) is 6.61 Å². The van der Waals surface area contributed by atoms with Gasteiger partial charge in [0.2, 0.25) is 0 Å². The maximum absolute atomic E-state index is 10.8. The highest BCUT2D eigenvalue weighted by Crippen LogP contribution is 2.42. The van der Waals surface area contributed by atoms with Crippen molar-refractivity contribution >= 4 is 22.0 Å². The molecule has 0 bridgehead atoms. The van der Waals surface area contributed by atoms with E-state index in [1.807, 2.05) is 6.07 Å². The fourth-order valence-electron chi connectivity index (χ4n) is 1.13. The van der Waals surface area contributed by atoms with E-state index in [1.165, 1.54) is 0 Å². The molecule has 0 amide bonds. The number of hydrogen-bond acceptors (Lipinski definition) is 5. The Balaban J connectivity index is 3.44. The number of ether oxygens (including phenoxy) is 1. The van der Waals surface area contributed by atoms with Gasteiger partial charge in [-0.05, 0) is 17.4 Å². The minimum atomic E-state index is -1.26. The van der Waals surface area contributed by atoms with Crippen LogP contribution in [0.3, 0.4) is 0 Å². The number of carbonyl (C=O) groups excluding carboxylic acids is 2. The first-order valence-corrected chi connectivity index (χ1v) is 5.28. The van der Waals surface area contributed by atoms with E-state index in [9.17, 15) is 9.59 Å². The summed E-state index contributed by atoms with van der Waals surface area (Å²) < 4.78 is 5.13. The van der Waals surface area contributed by atoms with Crippen LogP contribution in [-0.4, -0.2) is 18.1 Å². The van der Waals surface area contributed by atoms with Crippen LogP contribution in [0.2, 0.25) is 0 Å². The summed E-state index contributed by atoms with van der Waals surface area (Å²) in [6, 6.07) is 1.82. The third-order valence-electron chi connectivity index (χ3n) is 1.73. The van der Waals surface area contributed by atoms with Gasteiger partial charge in [0.1, 0.15) is 16.5 Å². The van der Waals surface area contributed by atoms with Gasteiger partial charge >= 0.3 is 0 Å². The fraction of sp³-hybridized carbons (Fsp3) is 0.222. The van der Waals surface area contributed by atoms with Crippen LogP contribution >= 0.6 is 10.5 Å². The second-order valence-electron chi connectivity index (χ2n) is 2.48. The summed E-state index contributed by atoms with van der Waals surface area (Å²) in [5.74, 6) is 0.110. The lowest BCUT2D eigenvalue weighted by Gasteiger charge is -2.03. The van der Waals surface area contributed by atoms with Crippen molar-refractivity contribution in [3.05, 3.63) is 21.3 Å². The molecule has 0 aromatic heterocycles. The molecule has 0 aromatic rings. The van der Waals surface area contributed by atoms with E-state index in [-0.39, 0.29) is 21.3 Å². The smallest absolute Gasteiger partial charge is 0.167 e.